The van der Waals surface area contributed by atoms with Crippen LogP contribution in [0.3, 0.4) is 0 Å². The van der Waals surface area contributed by atoms with Gasteiger partial charge in [0, 0.05) is 22.2 Å². The minimum absolute atomic E-state index is 0.104. The molecule has 0 saturated carbocycles. The van der Waals surface area contributed by atoms with Gasteiger partial charge in [-0.1, -0.05) is 43.7 Å². The Morgan fingerprint density at radius 3 is 2.50 bits per heavy atom. The predicted octanol–water partition coefficient (Wildman–Crippen LogP) is 4.15. The van der Waals surface area contributed by atoms with E-state index in [9.17, 15) is 14.7 Å². The first-order chi connectivity index (χ1) is 11.5. The normalized spacial score (nSPS) is 10.9. The lowest BCUT2D eigenvalue weighted by Gasteiger charge is -2.13. The lowest BCUT2D eigenvalue weighted by atomic mass is 9.96. The fraction of sp³-hybridized carbons (Fsp3) is 0.200. The summed E-state index contributed by atoms with van der Waals surface area (Å²) in [4.78, 5) is 27.6. The number of pyridine rings is 1. The molecule has 0 saturated heterocycles. The Bertz CT molecular complexity index is 972. The fourth-order valence-electron chi connectivity index (χ4n) is 3.01. The van der Waals surface area contributed by atoms with E-state index in [4.69, 9.17) is 0 Å². The van der Waals surface area contributed by atoms with Gasteiger partial charge in [0.2, 0.25) is 0 Å². The van der Waals surface area contributed by atoms with Gasteiger partial charge in [-0.25, -0.2) is 4.79 Å². The molecular formula is C20H19NO3. The van der Waals surface area contributed by atoms with Crippen LogP contribution in [0.5, 0.6) is 0 Å². The Kier molecular flexibility index (Phi) is 4.21. The smallest absolute Gasteiger partial charge is 0.335 e. The van der Waals surface area contributed by atoms with E-state index in [0.717, 1.165) is 29.7 Å². The minimum Gasteiger partial charge on any atom is -0.478 e. The fourth-order valence-corrected chi connectivity index (χ4v) is 3.01. The first-order valence-corrected chi connectivity index (χ1v) is 8.01. The molecule has 0 aliphatic rings. The zero-order valence-electron chi connectivity index (χ0n) is 13.7. The summed E-state index contributed by atoms with van der Waals surface area (Å²) in [6.07, 6.45) is 1.71. The molecule has 0 aliphatic heterocycles. The second-order valence-electron chi connectivity index (χ2n) is 5.93. The molecule has 1 aromatic heterocycles. The molecule has 1 heterocycles. The number of carbonyl (C=O) groups is 1. The SMILES string of the molecule is CCCc1[nH]c2c(-c3ccccc3)cc(C(=O)O)cc2c(=O)c1C. The van der Waals surface area contributed by atoms with Gasteiger partial charge < -0.3 is 10.1 Å². The first kappa shape index (κ1) is 16.0. The Balaban J connectivity index is 2.44. The minimum atomic E-state index is -1.04. The number of carboxylic acid groups (broad SMARTS) is 1. The zero-order chi connectivity index (χ0) is 17.3. The van der Waals surface area contributed by atoms with E-state index in [0.29, 0.717) is 16.5 Å². The van der Waals surface area contributed by atoms with Crippen LogP contribution in [0.25, 0.3) is 22.0 Å². The molecule has 4 nitrogen and oxygen atoms in total. The number of H-pyrrole nitrogens is 1. The summed E-state index contributed by atoms with van der Waals surface area (Å²) < 4.78 is 0. The van der Waals surface area contributed by atoms with Crippen LogP contribution in [-0.4, -0.2) is 16.1 Å². The lowest BCUT2D eigenvalue weighted by Crippen LogP contribution is -2.13. The molecule has 0 bridgehead atoms. The Morgan fingerprint density at radius 2 is 1.88 bits per heavy atom. The molecule has 0 unspecified atom stereocenters. The van der Waals surface area contributed by atoms with E-state index in [2.05, 4.69) is 11.9 Å². The third kappa shape index (κ3) is 2.71. The maximum Gasteiger partial charge on any atom is 0.335 e. The topological polar surface area (TPSA) is 70.2 Å². The molecule has 24 heavy (non-hydrogen) atoms. The van der Waals surface area contributed by atoms with Crippen molar-refractivity contribution in [1.82, 2.24) is 4.98 Å². The van der Waals surface area contributed by atoms with Crippen LogP contribution in [0, 0.1) is 6.92 Å². The first-order valence-electron chi connectivity index (χ1n) is 8.01. The summed E-state index contributed by atoms with van der Waals surface area (Å²) in [6.45, 7) is 3.85. The Morgan fingerprint density at radius 1 is 1.17 bits per heavy atom. The summed E-state index contributed by atoms with van der Waals surface area (Å²) >= 11 is 0. The van der Waals surface area contributed by atoms with Crippen molar-refractivity contribution in [3.05, 3.63) is 69.5 Å². The number of hydrogen-bond acceptors (Lipinski definition) is 2. The molecule has 0 radical (unpaired) electrons. The molecular weight excluding hydrogens is 302 g/mol. The largest absolute Gasteiger partial charge is 0.478 e. The van der Waals surface area contributed by atoms with Crippen LogP contribution in [0.2, 0.25) is 0 Å². The van der Waals surface area contributed by atoms with Gasteiger partial charge in [-0.2, -0.15) is 0 Å². The number of aromatic amines is 1. The van der Waals surface area contributed by atoms with Crippen LogP contribution < -0.4 is 5.43 Å². The van der Waals surface area contributed by atoms with E-state index in [1.54, 1.807) is 13.0 Å². The molecule has 3 rings (SSSR count). The van der Waals surface area contributed by atoms with Crippen molar-refractivity contribution < 1.29 is 9.90 Å². The van der Waals surface area contributed by atoms with Crippen LogP contribution >= 0.6 is 0 Å². The second-order valence-corrected chi connectivity index (χ2v) is 5.93. The van der Waals surface area contributed by atoms with Crippen LogP contribution in [0.15, 0.2) is 47.3 Å². The van der Waals surface area contributed by atoms with E-state index in [-0.39, 0.29) is 11.0 Å². The number of hydrogen-bond donors (Lipinski definition) is 2. The number of aromatic carboxylic acids is 1. The standard InChI is InChI=1S/C20H19NO3/c1-3-7-17-12(2)19(22)16-11-14(20(23)24)10-15(18(16)21-17)13-8-5-4-6-9-13/h4-6,8-11H,3,7H2,1-2H3,(H,21,22)(H,23,24). The quantitative estimate of drug-likeness (QED) is 0.758. The average molecular weight is 321 g/mol. The van der Waals surface area contributed by atoms with Crippen molar-refractivity contribution in [2.24, 2.45) is 0 Å². The summed E-state index contributed by atoms with van der Waals surface area (Å²) in [5, 5.41) is 9.82. The molecule has 2 aromatic carbocycles. The van der Waals surface area contributed by atoms with Crippen molar-refractivity contribution >= 4 is 16.9 Å². The van der Waals surface area contributed by atoms with E-state index >= 15 is 0 Å². The van der Waals surface area contributed by atoms with Crippen molar-refractivity contribution in [1.29, 1.82) is 0 Å². The summed E-state index contributed by atoms with van der Waals surface area (Å²) in [6, 6.07) is 12.6. The highest BCUT2D eigenvalue weighted by molar-refractivity contribution is 6.01. The van der Waals surface area contributed by atoms with Crippen LogP contribution in [0.4, 0.5) is 0 Å². The van der Waals surface area contributed by atoms with Crippen molar-refractivity contribution in [3.8, 4) is 11.1 Å². The molecule has 0 spiro atoms. The number of aromatic nitrogens is 1. The van der Waals surface area contributed by atoms with E-state index in [1.807, 2.05) is 30.3 Å². The summed E-state index contributed by atoms with van der Waals surface area (Å²) in [5.74, 6) is -1.04. The van der Waals surface area contributed by atoms with Crippen molar-refractivity contribution in [3.63, 3.8) is 0 Å². The second kappa shape index (κ2) is 6.32. The number of benzene rings is 2. The number of carboxylic acids is 1. The predicted molar refractivity (Wildman–Crippen MR) is 95.7 cm³/mol. The summed E-state index contributed by atoms with van der Waals surface area (Å²) in [7, 11) is 0. The molecule has 0 atom stereocenters. The summed E-state index contributed by atoms with van der Waals surface area (Å²) in [5.41, 5.74) is 3.90. The van der Waals surface area contributed by atoms with E-state index < -0.39 is 5.97 Å². The van der Waals surface area contributed by atoms with Crippen molar-refractivity contribution in [2.45, 2.75) is 26.7 Å². The molecule has 122 valence electrons. The molecule has 0 aliphatic carbocycles. The molecule has 3 aromatic rings. The number of rotatable bonds is 4. The van der Waals surface area contributed by atoms with E-state index in [1.165, 1.54) is 6.07 Å². The molecule has 0 fully saturated rings. The number of nitrogens with one attached hydrogen (secondary N) is 1. The van der Waals surface area contributed by atoms with Crippen LogP contribution in [0.1, 0.15) is 35.0 Å². The van der Waals surface area contributed by atoms with Gasteiger partial charge in [0.25, 0.3) is 0 Å². The van der Waals surface area contributed by atoms with Gasteiger partial charge in [0.05, 0.1) is 11.1 Å². The van der Waals surface area contributed by atoms with Gasteiger partial charge in [0.15, 0.2) is 5.43 Å². The third-order valence-electron chi connectivity index (χ3n) is 4.28. The van der Waals surface area contributed by atoms with Crippen LogP contribution in [-0.2, 0) is 6.42 Å². The Hall–Kier alpha value is -2.88. The third-order valence-corrected chi connectivity index (χ3v) is 4.28. The zero-order valence-corrected chi connectivity index (χ0v) is 13.7. The Labute approximate surface area is 139 Å². The maximum absolute atomic E-state index is 12.8. The average Bonchev–Trinajstić information content (AvgIpc) is 2.59. The van der Waals surface area contributed by atoms with Crippen molar-refractivity contribution in [2.75, 3.05) is 0 Å². The monoisotopic (exact) mass is 321 g/mol. The maximum atomic E-state index is 12.8. The van der Waals surface area contributed by atoms with Gasteiger partial charge in [-0.05, 0) is 31.0 Å². The van der Waals surface area contributed by atoms with Gasteiger partial charge in [-0.15, -0.1) is 0 Å². The molecule has 0 amide bonds. The van der Waals surface area contributed by atoms with Gasteiger partial charge >= 0.3 is 5.97 Å². The number of aryl methyl sites for hydroxylation is 1. The number of fused-ring (bicyclic) bond motifs is 1. The highest BCUT2D eigenvalue weighted by Crippen LogP contribution is 2.28. The lowest BCUT2D eigenvalue weighted by molar-refractivity contribution is 0.0697. The van der Waals surface area contributed by atoms with Gasteiger partial charge in [-0.3, -0.25) is 4.79 Å². The molecule has 4 heteroatoms. The molecule has 2 N–H and O–H groups in total. The highest BCUT2D eigenvalue weighted by atomic mass is 16.4. The highest BCUT2D eigenvalue weighted by Gasteiger charge is 2.16. The van der Waals surface area contributed by atoms with Gasteiger partial charge in [0.1, 0.15) is 0 Å².